The topological polar surface area (TPSA) is 151 Å². The number of carbonyl (C=O) groups is 4. The van der Waals surface area contributed by atoms with E-state index in [4.69, 9.17) is 10.8 Å². The van der Waals surface area contributed by atoms with Gasteiger partial charge in [0.1, 0.15) is 12.1 Å². The summed E-state index contributed by atoms with van der Waals surface area (Å²) in [6, 6.07) is -2.46. The summed E-state index contributed by atoms with van der Waals surface area (Å²) in [5, 5.41) is 17.2. The van der Waals surface area contributed by atoms with Gasteiger partial charge in [0.25, 0.3) is 0 Å². The molecule has 1 aliphatic rings. The number of nitrogens with one attached hydrogen (secondary N) is 3. The molecule has 1 heterocycles. The molecule has 0 saturated carbocycles. The molecule has 0 aliphatic carbocycles. The minimum absolute atomic E-state index is 0.0179. The number of hydrogen-bond donors (Lipinski definition) is 5. The lowest BCUT2D eigenvalue weighted by Crippen LogP contribution is -2.55. The van der Waals surface area contributed by atoms with E-state index >= 15 is 0 Å². The molecule has 1 aliphatic heterocycles. The highest BCUT2D eigenvalue weighted by Crippen LogP contribution is 2.08. The van der Waals surface area contributed by atoms with E-state index in [1.54, 1.807) is 13.8 Å². The van der Waals surface area contributed by atoms with Crippen LogP contribution in [0.4, 0.5) is 0 Å². The normalized spacial score (nSPS) is 19.5. The first kappa shape index (κ1) is 19.9. The second-order valence-electron chi connectivity index (χ2n) is 6.28. The number of carbonyl (C=O) groups excluding carboxylic acids is 3. The van der Waals surface area contributed by atoms with Gasteiger partial charge in [0, 0.05) is 6.42 Å². The predicted molar refractivity (Wildman–Crippen MR) is 85.8 cm³/mol. The Labute approximate surface area is 140 Å². The van der Waals surface area contributed by atoms with Gasteiger partial charge in [0.05, 0.1) is 6.04 Å². The SMILES string of the molecule is CC(C)C(NC(=O)C(CCC(N)=O)NC(=O)C1CCCN1)C(=O)O. The minimum atomic E-state index is -1.16. The van der Waals surface area contributed by atoms with Crippen molar-refractivity contribution in [3.63, 3.8) is 0 Å². The van der Waals surface area contributed by atoms with E-state index in [1.807, 2.05) is 0 Å². The molecule has 0 spiro atoms. The summed E-state index contributed by atoms with van der Waals surface area (Å²) in [4.78, 5) is 46.7. The Balaban J connectivity index is 2.75. The Morgan fingerprint density at radius 2 is 1.92 bits per heavy atom. The lowest BCUT2D eigenvalue weighted by atomic mass is 10.0. The van der Waals surface area contributed by atoms with Crippen LogP contribution < -0.4 is 21.7 Å². The molecule has 0 aromatic heterocycles. The van der Waals surface area contributed by atoms with Crippen molar-refractivity contribution < 1.29 is 24.3 Å². The van der Waals surface area contributed by atoms with E-state index in [9.17, 15) is 19.2 Å². The molecule has 0 aromatic rings. The molecule has 3 unspecified atom stereocenters. The predicted octanol–water partition coefficient (Wildman–Crippen LogP) is -1.29. The van der Waals surface area contributed by atoms with Crippen LogP contribution in [0.15, 0.2) is 0 Å². The fourth-order valence-electron chi connectivity index (χ4n) is 2.50. The van der Waals surface area contributed by atoms with E-state index in [1.165, 1.54) is 0 Å². The van der Waals surface area contributed by atoms with E-state index in [0.29, 0.717) is 6.42 Å². The van der Waals surface area contributed by atoms with Gasteiger partial charge in [-0.2, -0.15) is 0 Å². The van der Waals surface area contributed by atoms with E-state index in [-0.39, 0.29) is 30.7 Å². The van der Waals surface area contributed by atoms with Gasteiger partial charge in [-0.25, -0.2) is 4.79 Å². The van der Waals surface area contributed by atoms with Crippen molar-refractivity contribution in [2.24, 2.45) is 11.7 Å². The molecule has 1 saturated heterocycles. The number of carboxylic acids is 1. The average molecular weight is 342 g/mol. The van der Waals surface area contributed by atoms with Crippen LogP contribution in [-0.2, 0) is 19.2 Å². The Morgan fingerprint density at radius 1 is 1.25 bits per heavy atom. The molecule has 3 amide bonds. The van der Waals surface area contributed by atoms with Crippen molar-refractivity contribution in [2.75, 3.05) is 6.54 Å². The van der Waals surface area contributed by atoms with Crippen molar-refractivity contribution in [3.8, 4) is 0 Å². The van der Waals surface area contributed by atoms with Crippen molar-refractivity contribution in [2.45, 2.75) is 57.7 Å². The highest BCUT2D eigenvalue weighted by molar-refractivity contribution is 5.92. The zero-order chi connectivity index (χ0) is 18.3. The summed E-state index contributed by atoms with van der Waals surface area (Å²) in [5.74, 6) is -3.05. The summed E-state index contributed by atoms with van der Waals surface area (Å²) in [6.45, 7) is 4.06. The van der Waals surface area contributed by atoms with Crippen molar-refractivity contribution >= 4 is 23.7 Å². The second-order valence-corrected chi connectivity index (χ2v) is 6.28. The average Bonchev–Trinajstić information content (AvgIpc) is 3.01. The van der Waals surface area contributed by atoms with Crippen LogP contribution in [0.1, 0.15) is 39.5 Å². The van der Waals surface area contributed by atoms with E-state index < -0.39 is 29.9 Å². The molecule has 3 atom stereocenters. The van der Waals surface area contributed by atoms with Gasteiger partial charge >= 0.3 is 5.97 Å². The highest BCUT2D eigenvalue weighted by atomic mass is 16.4. The number of primary amides is 1. The molecule has 0 bridgehead atoms. The maximum atomic E-state index is 12.4. The second kappa shape index (κ2) is 9.21. The van der Waals surface area contributed by atoms with Gasteiger partial charge in [-0.05, 0) is 31.7 Å². The van der Waals surface area contributed by atoms with Gasteiger partial charge in [-0.3, -0.25) is 14.4 Å². The van der Waals surface area contributed by atoms with E-state index in [0.717, 1.165) is 13.0 Å². The van der Waals surface area contributed by atoms with Crippen LogP contribution in [0.5, 0.6) is 0 Å². The van der Waals surface area contributed by atoms with Crippen LogP contribution in [0.2, 0.25) is 0 Å². The van der Waals surface area contributed by atoms with Crippen LogP contribution in [0.3, 0.4) is 0 Å². The van der Waals surface area contributed by atoms with Gasteiger partial charge in [0.2, 0.25) is 17.7 Å². The van der Waals surface area contributed by atoms with Crippen molar-refractivity contribution in [3.05, 3.63) is 0 Å². The largest absolute Gasteiger partial charge is 0.480 e. The molecule has 0 aromatic carbocycles. The lowest BCUT2D eigenvalue weighted by molar-refractivity contribution is -0.143. The van der Waals surface area contributed by atoms with Gasteiger partial charge in [-0.1, -0.05) is 13.8 Å². The third-order valence-electron chi connectivity index (χ3n) is 3.92. The Bertz CT molecular complexity index is 488. The minimum Gasteiger partial charge on any atom is -0.480 e. The fraction of sp³-hybridized carbons (Fsp3) is 0.733. The van der Waals surface area contributed by atoms with Crippen molar-refractivity contribution in [1.82, 2.24) is 16.0 Å². The van der Waals surface area contributed by atoms with Gasteiger partial charge < -0.3 is 26.8 Å². The molecule has 136 valence electrons. The molecule has 0 radical (unpaired) electrons. The summed E-state index contributed by atoms with van der Waals surface area (Å²) in [5.41, 5.74) is 5.10. The van der Waals surface area contributed by atoms with Crippen LogP contribution >= 0.6 is 0 Å². The molecular weight excluding hydrogens is 316 g/mol. The summed E-state index contributed by atoms with van der Waals surface area (Å²) < 4.78 is 0. The quantitative estimate of drug-likeness (QED) is 0.352. The molecule has 6 N–H and O–H groups in total. The number of rotatable bonds is 9. The first-order valence-electron chi connectivity index (χ1n) is 8.07. The number of aliphatic carboxylic acids is 1. The van der Waals surface area contributed by atoms with Gasteiger partial charge in [0.15, 0.2) is 0 Å². The Morgan fingerprint density at radius 3 is 2.38 bits per heavy atom. The fourth-order valence-corrected chi connectivity index (χ4v) is 2.50. The summed E-state index contributed by atoms with van der Waals surface area (Å²) in [7, 11) is 0. The zero-order valence-electron chi connectivity index (χ0n) is 14.0. The lowest BCUT2D eigenvalue weighted by Gasteiger charge is -2.24. The first-order chi connectivity index (χ1) is 11.2. The Hall–Kier alpha value is -2.16. The van der Waals surface area contributed by atoms with Gasteiger partial charge in [-0.15, -0.1) is 0 Å². The molecule has 9 nitrogen and oxygen atoms in total. The van der Waals surface area contributed by atoms with Crippen LogP contribution in [-0.4, -0.2) is 53.5 Å². The molecule has 9 heteroatoms. The monoisotopic (exact) mass is 342 g/mol. The maximum absolute atomic E-state index is 12.4. The first-order valence-corrected chi connectivity index (χ1v) is 8.07. The number of hydrogen-bond acceptors (Lipinski definition) is 5. The van der Waals surface area contributed by atoms with E-state index in [2.05, 4.69) is 16.0 Å². The molecule has 1 rings (SSSR count). The number of nitrogens with two attached hydrogens (primary N) is 1. The summed E-state index contributed by atoms with van der Waals surface area (Å²) in [6.07, 6.45) is 1.46. The summed E-state index contributed by atoms with van der Waals surface area (Å²) >= 11 is 0. The third-order valence-corrected chi connectivity index (χ3v) is 3.92. The zero-order valence-corrected chi connectivity index (χ0v) is 14.0. The Kier molecular flexibility index (Phi) is 7.63. The standard InChI is InChI=1S/C15H26N4O5/c1-8(2)12(15(23)24)19-14(22)10(5-6-11(16)20)18-13(21)9-4-3-7-17-9/h8-10,12,17H,3-7H2,1-2H3,(H2,16,20)(H,18,21)(H,19,22)(H,23,24). The highest BCUT2D eigenvalue weighted by Gasteiger charge is 2.30. The smallest absolute Gasteiger partial charge is 0.326 e. The number of carboxylic acid groups (broad SMARTS) is 1. The van der Waals surface area contributed by atoms with Crippen molar-refractivity contribution in [1.29, 1.82) is 0 Å². The molecule has 1 fully saturated rings. The maximum Gasteiger partial charge on any atom is 0.326 e. The third kappa shape index (κ3) is 6.15. The van der Waals surface area contributed by atoms with Crippen LogP contribution in [0.25, 0.3) is 0 Å². The molecular formula is C15H26N4O5. The van der Waals surface area contributed by atoms with Crippen LogP contribution in [0, 0.1) is 5.92 Å². The molecule has 24 heavy (non-hydrogen) atoms. The number of amides is 3.